The quantitative estimate of drug-likeness (QED) is 0.751. The molecule has 21 heavy (non-hydrogen) atoms. The number of hydrogen-bond donors (Lipinski definition) is 0. The summed E-state index contributed by atoms with van der Waals surface area (Å²) in [6.07, 6.45) is 0. The van der Waals surface area contributed by atoms with Gasteiger partial charge >= 0.3 is 0 Å². The zero-order chi connectivity index (χ0) is 16.0. The number of nitriles is 1. The minimum atomic E-state index is -0.288. The lowest BCUT2D eigenvalue weighted by Crippen LogP contribution is -2.37. The van der Waals surface area contributed by atoms with Crippen LogP contribution in [0.15, 0.2) is 12.1 Å². The Labute approximate surface area is 124 Å². The second-order valence-electron chi connectivity index (χ2n) is 4.59. The highest BCUT2D eigenvalue weighted by molar-refractivity contribution is 5.98. The van der Waals surface area contributed by atoms with Crippen LogP contribution in [0.1, 0.15) is 24.2 Å². The van der Waals surface area contributed by atoms with Gasteiger partial charge in [0, 0.05) is 18.2 Å². The molecular formula is C15H20N2O4. The highest BCUT2D eigenvalue weighted by Gasteiger charge is 2.24. The number of ether oxygens (including phenoxy) is 3. The Balaban J connectivity index is 3.33. The standard InChI is InChI=1S/C15H20N2O4/c1-10(2)17(7-6-16)15(18)11-8-13(20-4)14(21-5)9-12(11)19-3/h8-10H,7H2,1-5H3. The number of hydrogen-bond acceptors (Lipinski definition) is 5. The Morgan fingerprint density at radius 2 is 1.67 bits per heavy atom. The number of benzene rings is 1. The summed E-state index contributed by atoms with van der Waals surface area (Å²) >= 11 is 0. The van der Waals surface area contributed by atoms with E-state index >= 15 is 0 Å². The molecule has 0 N–H and O–H groups in total. The summed E-state index contributed by atoms with van der Waals surface area (Å²) in [6, 6.07) is 5.05. The molecule has 1 aromatic rings. The molecule has 0 bridgehead atoms. The molecule has 0 heterocycles. The van der Waals surface area contributed by atoms with Crippen molar-refractivity contribution in [3.8, 4) is 23.3 Å². The van der Waals surface area contributed by atoms with Crippen molar-refractivity contribution in [1.82, 2.24) is 4.90 Å². The molecule has 0 spiro atoms. The Hall–Kier alpha value is -2.42. The first-order chi connectivity index (χ1) is 9.99. The summed E-state index contributed by atoms with van der Waals surface area (Å²) in [6.45, 7) is 3.71. The Bertz CT molecular complexity index is 549. The van der Waals surface area contributed by atoms with Gasteiger partial charge in [-0.2, -0.15) is 5.26 Å². The third-order valence-corrected chi connectivity index (χ3v) is 3.06. The van der Waals surface area contributed by atoms with Crippen LogP contribution in [-0.2, 0) is 0 Å². The maximum Gasteiger partial charge on any atom is 0.258 e. The molecule has 0 atom stereocenters. The molecule has 0 fully saturated rings. The predicted octanol–water partition coefficient (Wildman–Crippen LogP) is 2.09. The van der Waals surface area contributed by atoms with Crippen LogP contribution in [-0.4, -0.2) is 44.7 Å². The number of rotatable bonds is 6. The van der Waals surface area contributed by atoms with Crippen molar-refractivity contribution in [2.45, 2.75) is 19.9 Å². The van der Waals surface area contributed by atoms with Crippen molar-refractivity contribution < 1.29 is 19.0 Å². The summed E-state index contributed by atoms with van der Waals surface area (Å²) in [4.78, 5) is 14.1. The summed E-state index contributed by atoms with van der Waals surface area (Å²) in [5, 5.41) is 8.87. The lowest BCUT2D eigenvalue weighted by atomic mass is 10.1. The fourth-order valence-corrected chi connectivity index (χ4v) is 1.92. The van der Waals surface area contributed by atoms with Crippen molar-refractivity contribution in [3.63, 3.8) is 0 Å². The minimum Gasteiger partial charge on any atom is -0.496 e. The first kappa shape index (κ1) is 16.6. The molecule has 0 saturated heterocycles. The molecule has 0 aromatic heterocycles. The number of nitrogens with zero attached hydrogens (tertiary/aromatic N) is 2. The van der Waals surface area contributed by atoms with Crippen LogP contribution in [0.2, 0.25) is 0 Å². The van der Waals surface area contributed by atoms with E-state index in [2.05, 4.69) is 0 Å². The highest BCUT2D eigenvalue weighted by atomic mass is 16.5. The Kier molecular flexibility index (Phi) is 5.85. The maximum atomic E-state index is 12.6. The van der Waals surface area contributed by atoms with Crippen molar-refractivity contribution in [2.75, 3.05) is 27.9 Å². The topological polar surface area (TPSA) is 71.8 Å². The number of amides is 1. The van der Waals surface area contributed by atoms with Crippen LogP contribution < -0.4 is 14.2 Å². The second-order valence-corrected chi connectivity index (χ2v) is 4.59. The van der Waals surface area contributed by atoms with E-state index < -0.39 is 0 Å². The van der Waals surface area contributed by atoms with Gasteiger partial charge in [-0.3, -0.25) is 4.79 Å². The van der Waals surface area contributed by atoms with E-state index in [0.717, 1.165) is 0 Å². The summed E-state index contributed by atoms with van der Waals surface area (Å²) < 4.78 is 15.6. The van der Waals surface area contributed by atoms with Gasteiger partial charge in [-0.05, 0) is 13.8 Å². The van der Waals surface area contributed by atoms with Gasteiger partial charge < -0.3 is 19.1 Å². The molecule has 0 aliphatic heterocycles. The van der Waals surface area contributed by atoms with E-state index in [0.29, 0.717) is 22.8 Å². The number of carbonyl (C=O) groups excluding carboxylic acids is 1. The smallest absolute Gasteiger partial charge is 0.258 e. The average molecular weight is 292 g/mol. The van der Waals surface area contributed by atoms with Gasteiger partial charge in [0.25, 0.3) is 5.91 Å². The van der Waals surface area contributed by atoms with E-state index in [9.17, 15) is 4.79 Å². The zero-order valence-electron chi connectivity index (χ0n) is 13.0. The van der Waals surface area contributed by atoms with Gasteiger partial charge in [-0.15, -0.1) is 0 Å². The maximum absolute atomic E-state index is 12.6. The summed E-state index contributed by atoms with van der Waals surface area (Å²) in [7, 11) is 4.48. The van der Waals surface area contributed by atoms with Gasteiger partial charge in [0.2, 0.25) is 0 Å². The van der Waals surface area contributed by atoms with Gasteiger partial charge in [0.15, 0.2) is 11.5 Å². The van der Waals surface area contributed by atoms with Crippen molar-refractivity contribution in [1.29, 1.82) is 5.26 Å². The molecule has 6 nitrogen and oxygen atoms in total. The second kappa shape index (κ2) is 7.39. The van der Waals surface area contributed by atoms with Crippen LogP contribution in [0.3, 0.4) is 0 Å². The minimum absolute atomic E-state index is 0.00794. The fourth-order valence-electron chi connectivity index (χ4n) is 1.92. The zero-order valence-corrected chi connectivity index (χ0v) is 13.0. The normalized spacial score (nSPS) is 9.95. The van der Waals surface area contributed by atoms with Crippen molar-refractivity contribution in [2.24, 2.45) is 0 Å². The first-order valence-electron chi connectivity index (χ1n) is 6.48. The highest BCUT2D eigenvalue weighted by Crippen LogP contribution is 2.35. The third kappa shape index (κ3) is 3.57. The molecule has 1 amide bonds. The first-order valence-corrected chi connectivity index (χ1v) is 6.48. The molecule has 0 saturated carbocycles. The summed E-state index contributed by atoms with van der Waals surface area (Å²) in [5.41, 5.74) is 0.332. The van der Waals surface area contributed by atoms with E-state index in [4.69, 9.17) is 19.5 Å². The molecule has 0 radical (unpaired) electrons. The lowest BCUT2D eigenvalue weighted by Gasteiger charge is -2.25. The monoisotopic (exact) mass is 292 g/mol. The molecule has 0 unspecified atom stereocenters. The van der Waals surface area contributed by atoms with Crippen LogP contribution in [0.25, 0.3) is 0 Å². The van der Waals surface area contributed by atoms with Gasteiger partial charge in [0.1, 0.15) is 12.3 Å². The third-order valence-electron chi connectivity index (χ3n) is 3.06. The van der Waals surface area contributed by atoms with Gasteiger partial charge in [-0.1, -0.05) is 0 Å². The van der Waals surface area contributed by atoms with Crippen LogP contribution in [0, 0.1) is 11.3 Å². The molecule has 0 aliphatic carbocycles. The Morgan fingerprint density at radius 3 is 2.10 bits per heavy atom. The predicted molar refractivity (Wildman–Crippen MR) is 77.9 cm³/mol. The summed E-state index contributed by atoms with van der Waals surface area (Å²) in [5.74, 6) is 0.996. The average Bonchev–Trinajstić information content (AvgIpc) is 2.50. The Morgan fingerprint density at radius 1 is 1.14 bits per heavy atom. The molecule has 1 aromatic carbocycles. The number of carbonyl (C=O) groups is 1. The van der Waals surface area contributed by atoms with E-state index in [1.54, 1.807) is 12.1 Å². The largest absolute Gasteiger partial charge is 0.496 e. The molecule has 1 rings (SSSR count). The van der Waals surface area contributed by atoms with Gasteiger partial charge in [0.05, 0.1) is 33.0 Å². The van der Waals surface area contributed by atoms with E-state index in [1.165, 1.54) is 26.2 Å². The van der Waals surface area contributed by atoms with Crippen LogP contribution in [0.4, 0.5) is 0 Å². The van der Waals surface area contributed by atoms with E-state index in [-0.39, 0.29) is 18.5 Å². The SMILES string of the molecule is COc1cc(OC)c(C(=O)N(CC#N)C(C)C)cc1OC. The van der Waals surface area contributed by atoms with E-state index in [1.807, 2.05) is 19.9 Å². The molecular weight excluding hydrogens is 272 g/mol. The lowest BCUT2D eigenvalue weighted by molar-refractivity contribution is 0.0727. The molecule has 114 valence electrons. The number of methoxy groups -OCH3 is 3. The van der Waals surface area contributed by atoms with Crippen LogP contribution >= 0.6 is 0 Å². The van der Waals surface area contributed by atoms with Crippen molar-refractivity contribution in [3.05, 3.63) is 17.7 Å². The van der Waals surface area contributed by atoms with Crippen LogP contribution in [0.5, 0.6) is 17.2 Å². The molecule has 0 aliphatic rings. The van der Waals surface area contributed by atoms with Crippen molar-refractivity contribution >= 4 is 5.91 Å². The fraction of sp³-hybridized carbons (Fsp3) is 0.467. The van der Waals surface area contributed by atoms with Gasteiger partial charge in [-0.25, -0.2) is 0 Å². The molecule has 6 heteroatoms.